The molecule has 1 unspecified atom stereocenters. The zero-order chi connectivity index (χ0) is 12.5. The second-order valence-electron chi connectivity index (χ2n) is 4.46. The Morgan fingerprint density at radius 1 is 1.41 bits per heavy atom. The highest BCUT2D eigenvalue weighted by Crippen LogP contribution is 2.06. The van der Waals surface area contributed by atoms with Gasteiger partial charge in [0.1, 0.15) is 0 Å². The molecule has 0 radical (unpaired) electrons. The Labute approximate surface area is 110 Å². The largest absolute Gasteiger partial charge is 0.350 e. The van der Waals surface area contributed by atoms with E-state index in [0.717, 1.165) is 13.1 Å². The number of nitrogens with zero attached hydrogens (tertiary/aromatic N) is 1. The van der Waals surface area contributed by atoms with Crippen molar-refractivity contribution < 1.29 is 0 Å². The van der Waals surface area contributed by atoms with Gasteiger partial charge < -0.3 is 9.88 Å². The molecule has 0 saturated heterocycles. The van der Waals surface area contributed by atoms with Crippen LogP contribution in [0.5, 0.6) is 0 Å². The first-order valence-corrected chi connectivity index (χ1v) is 7.88. The van der Waals surface area contributed by atoms with Crippen molar-refractivity contribution in [2.75, 3.05) is 11.5 Å². The standard InChI is InChI=1S/C14H26N2S/c1-4-9-16-10-6-7-14(16)12-15-13(3)8-11-17-5-2/h6-7,10,13,15H,4-5,8-9,11-12H2,1-3H3. The van der Waals surface area contributed by atoms with E-state index in [1.807, 2.05) is 11.8 Å². The van der Waals surface area contributed by atoms with Gasteiger partial charge in [0.2, 0.25) is 0 Å². The third-order valence-corrected chi connectivity index (χ3v) is 3.85. The minimum atomic E-state index is 0.610. The number of hydrogen-bond donors (Lipinski definition) is 1. The van der Waals surface area contributed by atoms with Gasteiger partial charge in [0.05, 0.1) is 0 Å². The Kier molecular flexibility index (Phi) is 7.45. The van der Waals surface area contributed by atoms with Gasteiger partial charge in [-0.15, -0.1) is 0 Å². The van der Waals surface area contributed by atoms with Gasteiger partial charge >= 0.3 is 0 Å². The van der Waals surface area contributed by atoms with Crippen LogP contribution in [0.1, 0.15) is 39.3 Å². The molecular weight excluding hydrogens is 228 g/mol. The van der Waals surface area contributed by atoms with Crippen molar-refractivity contribution in [3.63, 3.8) is 0 Å². The molecular formula is C14H26N2S. The smallest absolute Gasteiger partial charge is 0.0361 e. The van der Waals surface area contributed by atoms with Gasteiger partial charge in [0.15, 0.2) is 0 Å². The molecule has 1 rings (SSSR count). The quantitative estimate of drug-likeness (QED) is 0.679. The molecule has 3 heteroatoms. The zero-order valence-corrected chi connectivity index (χ0v) is 12.2. The lowest BCUT2D eigenvalue weighted by atomic mass is 10.2. The number of thioether (sulfide) groups is 1. The van der Waals surface area contributed by atoms with Crippen molar-refractivity contribution in [1.82, 2.24) is 9.88 Å². The van der Waals surface area contributed by atoms with E-state index in [4.69, 9.17) is 0 Å². The Balaban J connectivity index is 2.26. The van der Waals surface area contributed by atoms with Crippen molar-refractivity contribution in [2.45, 2.75) is 52.7 Å². The van der Waals surface area contributed by atoms with E-state index in [9.17, 15) is 0 Å². The third-order valence-electron chi connectivity index (χ3n) is 2.92. The molecule has 0 amide bonds. The summed E-state index contributed by atoms with van der Waals surface area (Å²) in [5.41, 5.74) is 1.40. The predicted octanol–water partition coefficient (Wildman–Crippen LogP) is 3.52. The zero-order valence-electron chi connectivity index (χ0n) is 11.4. The van der Waals surface area contributed by atoms with E-state index >= 15 is 0 Å². The maximum absolute atomic E-state index is 3.61. The second kappa shape index (κ2) is 8.65. The average Bonchev–Trinajstić information content (AvgIpc) is 2.75. The highest BCUT2D eigenvalue weighted by molar-refractivity contribution is 7.99. The molecule has 0 bridgehead atoms. The highest BCUT2D eigenvalue weighted by atomic mass is 32.2. The van der Waals surface area contributed by atoms with Gasteiger partial charge in [-0.05, 0) is 43.4 Å². The molecule has 0 aromatic carbocycles. The molecule has 1 heterocycles. The Bertz CT molecular complexity index is 296. The minimum Gasteiger partial charge on any atom is -0.350 e. The fourth-order valence-corrected chi connectivity index (χ4v) is 2.66. The fourth-order valence-electron chi connectivity index (χ4n) is 1.85. The number of nitrogens with one attached hydrogen (secondary N) is 1. The summed E-state index contributed by atoms with van der Waals surface area (Å²) in [6, 6.07) is 4.97. The lowest BCUT2D eigenvalue weighted by Crippen LogP contribution is -2.27. The molecule has 0 aliphatic heterocycles. The van der Waals surface area contributed by atoms with Crippen molar-refractivity contribution in [2.24, 2.45) is 0 Å². The molecule has 1 atom stereocenters. The van der Waals surface area contributed by atoms with Crippen molar-refractivity contribution in [3.05, 3.63) is 24.0 Å². The summed E-state index contributed by atoms with van der Waals surface area (Å²) in [6.07, 6.45) is 4.63. The van der Waals surface area contributed by atoms with Crippen LogP contribution in [0.2, 0.25) is 0 Å². The lowest BCUT2D eigenvalue weighted by molar-refractivity contribution is 0.515. The lowest BCUT2D eigenvalue weighted by Gasteiger charge is -2.14. The third kappa shape index (κ3) is 5.64. The Morgan fingerprint density at radius 2 is 2.24 bits per heavy atom. The second-order valence-corrected chi connectivity index (χ2v) is 5.85. The van der Waals surface area contributed by atoms with Crippen molar-refractivity contribution in [3.8, 4) is 0 Å². The fraction of sp³-hybridized carbons (Fsp3) is 0.714. The summed E-state index contributed by atoms with van der Waals surface area (Å²) in [5.74, 6) is 2.49. The average molecular weight is 254 g/mol. The van der Waals surface area contributed by atoms with Crippen LogP contribution in [0, 0.1) is 0 Å². The minimum absolute atomic E-state index is 0.610. The van der Waals surface area contributed by atoms with Gasteiger partial charge in [-0.2, -0.15) is 11.8 Å². The number of aromatic nitrogens is 1. The van der Waals surface area contributed by atoms with Crippen LogP contribution in [0.25, 0.3) is 0 Å². The SMILES string of the molecule is CCCn1cccc1CNC(C)CCSCC. The molecule has 1 aromatic rings. The normalized spacial score (nSPS) is 12.9. The molecule has 0 spiro atoms. The molecule has 0 saturated carbocycles. The van der Waals surface area contributed by atoms with Crippen LogP contribution in [-0.4, -0.2) is 22.1 Å². The van der Waals surface area contributed by atoms with E-state index in [1.54, 1.807) is 0 Å². The number of hydrogen-bond acceptors (Lipinski definition) is 2. The molecule has 0 aliphatic rings. The molecule has 1 N–H and O–H groups in total. The van der Waals surface area contributed by atoms with Gasteiger partial charge in [0, 0.05) is 31.0 Å². The van der Waals surface area contributed by atoms with E-state index < -0.39 is 0 Å². The van der Waals surface area contributed by atoms with Crippen LogP contribution >= 0.6 is 11.8 Å². The van der Waals surface area contributed by atoms with Gasteiger partial charge in [-0.25, -0.2) is 0 Å². The highest BCUT2D eigenvalue weighted by Gasteiger charge is 2.04. The van der Waals surface area contributed by atoms with Crippen LogP contribution in [-0.2, 0) is 13.1 Å². The molecule has 0 fully saturated rings. The summed E-state index contributed by atoms with van der Waals surface area (Å²) < 4.78 is 2.35. The predicted molar refractivity (Wildman–Crippen MR) is 78.6 cm³/mol. The molecule has 17 heavy (non-hydrogen) atoms. The van der Waals surface area contributed by atoms with Crippen molar-refractivity contribution in [1.29, 1.82) is 0 Å². The van der Waals surface area contributed by atoms with E-state index in [1.165, 1.54) is 30.0 Å². The van der Waals surface area contributed by atoms with Gasteiger partial charge in [-0.1, -0.05) is 13.8 Å². The summed E-state index contributed by atoms with van der Waals surface area (Å²) >= 11 is 2.03. The van der Waals surface area contributed by atoms with Crippen molar-refractivity contribution >= 4 is 11.8 Å². The first-order chi connectivity index (χ1) is 8.27. The molecule has 0 aliphatic carbocycles. The summed E-state index contributed by atoms with van der Waals surface area (Å²) in [5, 5.41) is 3.61. The van der Waals surface area contributed by atoms with Crippen LogP contribution < -0.4 is 5.32 Å². The summed E-state index contributed by atoms with van der Waals surface area (Å²) in [4.78, 5) is 0. The Hall–Kier alpha value is -0.410. The van der Waals surface area contributed by atoms with E-state index in [0.29, 0.717) is 6.04 Å². The van der Waals surface area contributed by atoms with E-state index in [2.05, 4.69) is 49.0 Å². The monoisotopic (exact) mass is 254 g/mol. The van der Waals surface area contributed by atoms with Crippen LogP contribution in [0.15, 0.2) is 18.3 Å². The molecule has 2 nitrogen and oxygen atoms in total. The molecule has 98 valence electrons. The molecule has 1 aromatic heterocycles. The topological polar surface area (TPSA) is 17.0 Å². The first kappa shape index (κ1) is 14.7. The van der Waals surface area contributed by atoms with Crippen LogP contribution in [0.4, 0.5) is 0 Å². The van der Waals surface area contributed by atoms with Crippen LogP contribution in [0.3, 0.4) is 0 Å². The Morgan fingerprint density at radius 3 is 2.94 bits per heavy atom. The summed E-state index contributed by atoms with van der Waals surface area (Å²) in [7, 11) is 0. The van der Waals surface area contributed by atoms with Gasteiger partial charge in [-0.3, -0.25) is 0 Å². The number of aryl methyl sites for hydroxylation is 1. The maximum atomic E-state index is 3.61. The summed E-state index contributed by atoms with van der Waals surface area (Å²) in [6.45, 7) is 8.85. The number of rotatable bonds is 9. The van der Waals surface area contributed by atoms with Gasteiger partial charge in [0.25, 0.3) is 0 Å². The first-order valence-electron chi connectivity index (χ1n) is 6.73. The van der Waals surface area contributed by atoms with E-state index in [-0.39, 0.29) is 0 Å². The maximum Gasteiger partial charge on any atom is 0.0361 e.